The smallest absolute Gasteiger partial charge is 0.161 e. The van der Waals surface area contributed by atoms with Gasteiger partial charge in [-0.2, -0.15) is 0 Å². The lowest BCUT2D eigenvalue weighted by atomic mass is 9.88. The van der Waals surface area contributed by atoms with Crippen LogP contribution in [-0.2, 0) is 0 Å². The van der Waals surface area contributed by atoms with Gasteiger partial charge in [0.05, 0.1) is 13.2 Å². The van der Waals surface area contributed by atoms with E-state index in [1.165, 1.54) is 18.4 Å². The fraction of sp³-hybridized carbons (Fsp3) is 0.667. The van der Waals surface area contributed by atoms with Crippen molar-refractivity contribution >= 4 is 0 Å². The van der Waals surface area contributed by atoms with Crippen molar-refractivity contribution in [3.8, 4) is 11.5 Å². The highest BCUT2D eigenvalue weighted by atomic mass is 16.5. The van der Waals surface area contributed by atoms with E-state index in [1.54, 1.807) is 0 Å². The lowest BCUT2D eigenvalue weighted by Gasteiger charge is -2.27. The van der Waals surface area contributed by atoms with Gasteiger partial charge in [-0.3, -0.25) is 0 Å². The van der Waals surface area contributed by atoms with E-state index < -0.39 is 0 Å². The number of rotatable bonds is 7. The summed E-state index contributed by atoms with van der Waals surface area (Å²) < 4.78 is 11.6. The highest BCUT2D eigenvalue weighted by Gasteiger charge is 2.21. The first-order valence-electron chi connectivity index (χ1n) is 8.43. The van der Waals surface area contributed by atoms with Gasteiger partial charge in [0.25, 0.3) is 0 Å². The Morgan fingerprint density at radius 2 is 1.76 bits per heavy atom. The minimum Gasteiger partial charge on any atom is -0.490 e. The van der Waals surface area contributed by atoms with E-state index in [9.17, 15) is 0 Å². The zero-order chi connectivity index (χ0) is 15.1. The van der Waals surface area contributed by atoms with E-state index in [4.69, 9.17) is 9.47 Å². The fourth-order valence-corrected chi connectivity index (χ4v) is 2.99. The Morgan fingerprint density at radius 3 is 2.43 bits per heavy atom. The first-order valence-corrected chi connectivity index (χ1v) is 8.43. The third-order valence-electron chi connectivity index (χ3n) is 4.27. The molecule has 0 fully saturated rings. The van der Waals surface area contributed by atoms with Crippen LogP contribution in [0, 0.1) is 5.92 Å². The lowest BCUT2D eigenvalue weighted by molar-refractivity contribution is 0.296. The molecule has 0 bridgehead atoms. The van der Waals surface area contributed by atoms with Crippen LogP contribution in [0.2, 0.25) is 0 Å². The van der Waals surface area contributed by atoms with Gasteiger partial charge in [0, 0.05) is 12.5 Å². The Bertz CT molecular complexity index is 429. The first-order chi connectivity index (χ1) is 10.3. The van der Waals surface area contributed by atoms with Gasteiger partial charge < -0.3 is 14.8 Å². The monoisotopic (exact) mass is 291 g/mol. The molecule has 0 aliphatic carbocycles. The van der Waals surface area contributed by atoms with Crippen molar-refractivity contribution in [3.63, 3.8) is 0 Å². The van der Waals surface area contributed by atoms with E-state index in [0.717, 1.165) is 44.1 Å². The predicted molar refractivity (Wildman–Crippen MR) is 87.2 cm³/mol. The summed E-state index contributed by atoms with van der Waals surface area (Å²) in [6.45, 7) is 9.31. The molecule has 1 atom stereocenters. The van der Waals surface area contributed by atoms with Crippen LogP contribution in [0.4, 0.5) is 0 Å². The van der Waals surface area contributed by atoms with Crippen LogP contribution in [0.25, 0.3) is 0 Å². The van der Waals surface area contributed by atoms with Gasteiger partial charge in [-0.1, -0.05) is 39.7 Å². The lowest BCUT2D eigenvalue weighted by Crippen LogP contribution is -2.28. The molecule has 0 saturated heterocycles. The maximum atomic E-state index is 5.84. The quantitative estimate of drug-likeness (QED) is 0.811. The molecule has 1 aliphatic rings. The van der Waals surface area contributed by atoms with Crippen LogP contribution in [0.5, 0.6) is 11.5 Å². The molecule has 1 aromatic carbocycles. The standard InChI is InChI=1S/C18H29NO2/c1-4-10-19-18(14(5-2)6-3)15-8-9-16-17(13-15)21-12-7-11-20-16/h8-9,13-14,18-19H,4-7,10-12H2,1-3H3. The largest absolute Gasteiger partial charge is 0.490 e. The van der Waals surface area contributed by atoms with Crippen LogP contribution in [0.15, 0.2) is 18.2 Å². The van der Waals surface area contributed by atoms with Crippen LogP contribution >= 0.6 is 0 Å². The summed E-state index contributed by atoms with van der Waals surface area (Å²) in [5.41, 5.74) is 1.32. The van der Waals surface area contributed by atoms with Crippen molar-refractivity contribution < 1.29 is 9.47 Å². The number of nitrogens with one attached hydrogen (secondary N) is 1. The first kappa shape index (κ1) is 16.2. The minimum absolute atomic E-state index is 0.400. The van der Waals surface area contributed by atoms with Crippen molar-refractivity contribution in [2.75, 3.05) is 19.8 Å². The highest BCUT2D eigenvalue weighted by molar-refractivity contribution is 5.44. The van der Waals surface area contributed by atoms with Gasteiger partial charge in [0.15, 0.2) is 11.5 Å². The molecule has 0 radical (unpaired) electrons. The topological polar surface area (TPSA) is 30.5 Å². The van der Waals surface area contributed by atoms with Crippen molar-refractivity contribution in [1.29, 1.82) is 0 Å². The molecule has 0 amide bonds. The summed E-state index contributed by atoms with van der Waals surface area (Å²) in [7, 11) is 0. The molecule has 1 aliphatic heterocycles. The Kier molecular flexibility index (Phi) is 6.37. The van der Waals surface area contributed by atoms with Gasteiger partial charge >= 0.3 is 0 Å². The molecule has 0 spiro atoms. The maximum Gasteiger partial charge on any atom is 0.161 e. The van der Waals surface area contributed by atoms with Gasteiger partial charge in [-0.15, -0.1) is 0 Å². The second-order valence-electron chi connectivity index (χ2n) is 5.77. The Labute approximate surface area is 129 Å². The summed E-state index contributed by atoms with van der Waals surface area (Å²) in [6, 6.07) is 6.84. The number of fused-ring (bicyclic) bond motifs is 1. The normalized spacial score (nSPS) is 15.8. The van der Waals surface area contributed by atoms with Crippen LogP contribution in [0.1, 0.15) is 58.1 Å². The van der Waals surface area contributed by atoms with Crippen LogP contribution < -0.4 is 14.8 Å². The van der Waals surface area contributed by atoms with Crippen molar-refractivity contribution in [2.45, 2.75) is 52.5 Å². The molecule has 1 aromatic rings. The predicted octanol–water partition coefficient (Wildman–Crippen LogP) is 4.32. The molecule has 1 heterocycles. The van der Waals surface area contributed by atoms with Crippen molar-refractivity contribution in [1.82, 2.24) is 5.32 Å². The molecule has 1 N–H and O–H groups in total. The maximum absolute atomic E-state index is 5.84. The summed E-state index contributed by atoms with van der Waals surface area (Å²) in [6.07, 6.45) is 4.48. The summed E-state index contributed by atoms with van der Waals surface area (Å²) in [5, 5.41) is 3.71. The molecule has 3 nitrogen and oxygen atoms in total. The minimum atomic E-state index is 0.400. The van der Waals surface area contributed by atoms with E-state index in [2.05, 4.69) is 44.3 Å². The number of benzene rings is 1. The summed E-state index contributed by atoms with van der Waals surface area (Å²) in [5.74, 6) is 2.44. The molecule has 0 aromatic heterocycles. The zero-order valence-corrected chi connectivity index (χ0v) is 13.7. The zero-order valence-electron chi connectivity index (χ0n) is 13.7. The number of ether oxygens (including phenoxy) is 2. The van der Waals surface area contributed by atoms with Gasteiger partial charge in [-0.05, 0) is 36.6 Å². The molecule has 2 rings (SSSR count). The second kappa shape index (κ2) is 8.28. The van der Waals surface area contributed by atoms with Gasteiger partial charge in [0.2, 0.25) is 0 Å². The van der Waals surface area contributed by atoms with E-state index in [-0.39, 0.29) is 0 Å². The third-order valence-corrected chi connectivity index (χ3v) is 4.27. The van der Waals surface area contributed by atoms with E-state index >= 15 is 0 Å². The molecular weight excluding hydrogens is 262 g/mol. The Morgan fingerprint density at radius 1 is 1.05 bits per heavy atom. The average molecular weight is 291 g/mol. The highest BCUT2D eigenvalue weighted by Crippen LogP contribution is 2.35. The Hall–Kier alpha value is -1.22. The van der Waals surface area contributed by atoms with Crippen LogP contribution in [0.3, 0.4) is 0 Å². The molecule has 21 heavy (non-hydrogen) atoms. The van der Waals surface area contributed by atoms with Gasteiger partial charge in [-0.25, -0.2) is 0 Å². The molecular formula is C18H29NO2. The SMILES string of the molecule is CCCNC(c1ccc2c(c1)OCCCO2)C(CC)CC. The average Bonchev–Trinajstić information content (AvgIpc) is 2.76. The molecule has 1 unspecified atom stereocenters. The Balaban J connectivity index is 2.24. The van der Waals surface area contributed by atoms with E-state index in [0.29, 0.717) is 12.0 Å². The van der Waals surface area contributed by atoms with E-state index in [1.807, 2.05) is 0 Å². The number of hydrogen-bond donors (Lipinski definition) is 1. The summed E-state index contributed by atoms with van der Waals surface area (Å²) in [4.78, 5) is 0. The fourth-order valence-electron chi connectivity index (χ4n) is 2.99. The third kappa shape index (κ3) is 4.13. The summed E-state index contributed by atoms with van der Waals surface area (Å²) >= 11 is 0. The molecule has 118 valence electrons. The van der Waals surface area contributed by atoms with Crippen LogP contribution in [-0.4, -0.2) is 19.8 Å². The van der Waals surface area contributed by atoms with Crippen molar-refractivity contribution in [2.24, 2.45) is 5.92 Å². The van der Waals surface area contributed by atoms with Crippen molar-refractivity contribution in [3.05, 3.63) is 23.8 Å². The van der Waals surface area contributed by atoms with Gasteiger partial charge in [0.1, 0.15) is 0 Å². The number of hydrogen-bond acceptors (Lipinski definition) is 3. The molecule has 3 heteroatoms. The molecule has 0 saturated carbocycles. The second-order valence-corrected chi connectivity index (χ2v) is 5.77.